The second-order valence-electron chi connectivity index (χ2n) is 9.45. The number of aromatic nitrogens is 1. The highest BCUT2D eigenvalue weighted by molar-refractivity contribution is 7.18. The van der Waals surface area contributed by atoms with Crippen molar-refractivity contribution in [1.82, 2.24) is 15.6 Å². The van der Waals surface area contributed by atoms with Gasteiger partial charge < -0.3 is 31.2 Å². The minimum absolute atomic E-state index is 0.0984. The van der Waals surface area contributed by atoms with E-state index in [9.17, 15) is 9.59 Å². The average molecular weight is 558 g/mol. The fourth-order valence-electron chi connectivity index (χ4n) is 3.92. The van der Waals surface area contributed by atoms with Crippen molar-refractivity contribution in [2.75, 3.05) is 18.5 Å². The van der Waals surface area contributed by atoms with Crippen molar-refractivity contribution >= 4 is 34.2 Å². The Kier molecular flexibility index (Phi) is 8.58. The highest BCUT2D eigenvalue weighted by Crippen LogP contribution is 2.40. The van der Waals surface area contributed by atoms with Crippen LogP contribution in [0.5, 0.6) is 10.8 Å². The molecule has 5 N–H and O–H groups in total. The number of nitrogens with two attached hydrogens (primary N) is 1. The molecule has 0 unspecified atom stereocenters. The quantitative estimate of drug-likeness (QED) is 0.195. The van der Waals surface area contributed by atoms with Crippen LogP contribution in [0.25, 0.3) is 11.3 Å². The summed E-state index contributed by atoms with van der Waals surface area (Å²) in [6, 6.07) is 22.8. The number of amides is 2. The first kappa shape index (κ1) is 27.2. The van der Waals surface area contributed by atoms with Crippen LogP contribution < -0.4 is 31.2 Å². The van der Waals surface area contributed by atoms with Gasteiger partial charge in [0.2, 0.25) is 5.06 Å². The predicted molar refractivity (Wildman–Crippen MR) is 156 cm³/mol. The van der Waals surface area contributed by atoms with Crippen LogP contribution in [0.4, 0.5) is 15.6 Å². The van der Waals surface area contributed by atoms with Gasteiger partial charge in [0.1, 0.15) is 18.1 Å². The van der Waals surface area contributed by atoms with Crippen LogP contribution in [0.1, 0.15) is 34.3 Å². The van der Waals surface area contributed by atoms with Crippen LogP contribution >= 0.6 is 11.3 Å². The molecule has 1 aromatic heterocycles. The van der Waals surface area contributed by atoms with Gasteiger partial charge in [-0.25, -0.2) is 9.78 Å². The number of thiazole rings is 1. The van der Waals surface area contributed by atoms with E-state index in [4.69, 9.17) is 20.2 Å². The number of aryl methyl sites for hydroxylation is 1. The summed E-state index contributed by atoms with van der Waals surface area (Å²) >= 11 is 1.20. The van der Waals surface area contributed by atoms with Crippen LogP contribution in [-0.2, 0) is 6.54 Å². The SMILES string of the molecule is Cc1ccc(C(=O)NC2CC2)cc1Nc1nc(-c2cccc(OCCN)c2)c(OC(=O)NCc2ccccc2)s1. The lowest BCUT2D eigenvalue weighted by atomic mass is 10.1. The number of hydrogen-bond donors (Lipinski definition) is 4. The van der Waals surface area contributed by atoms with Crippen molar-refractivity contribution in [3.8, 4) is 22.1 Å². The normalized spacial score (nSPS) is 12.4. The Balaban J connectivity index is 1.39. The summed E-state index contributed by atoms with van der Waals surface area (Å²) in [5, 5.41) is 9.95. The van der Waals surface area contributed by atoms with E-state index in [0.29, 0.717) is 46.9 Å². The van der Waals surface area contributed by atoms with E-state index in [-0.39, 0.29) is 11.9 Å². The number of carbonyl (C=O) groups is 2. The molecule has 3 aromatic carbocycles. The largest absolute Gasteiger partial charge is 0.492 e. The zero-order valence-corrected chi connectivity index (χ0v) is 22.9. The molecule has 4 aromatic rings. The zero-order valence-electron chi connectivity index (χ0n) is 22.1. The smallest absolute Gasteiger partial charge is 0.413 e. The predicted octanol–water partition coefficient (Wildman–Crippen LogP) is 5.38. The molecule has 0 aliphatic heterocycles. The topological polar surface area (TPSA) is 128 Å². The Labute approximate surface area is 236 Å². The van der Waals surface area contributed by atoms with Crippen LogP contribution in [-0.4, -0.2) is 36.2 Å². The maximum absolute atomic E-state index is 12.8. The van der Waals surface area contributed by atoms with Crippen LogP contribution in [0.15, 0.2) is 72.8 Å². The lowest BCUT2D eigenvalue weighted by molar-refractivity contribution is 0.0951. The monoisotopic (exact) mass is 557 g/mol. The lowest BCUT2D eigenvalue weighted by Gasteiger charge is -2.10. The number of nitrogens with zero attached hydrogens (tertiary/aromatic N) is 1. The number of ether oxygens (including phenoxy) is 2. The summed E-state index contributed by atoms with van der Waals surface area (Å²) in [7, 11) is 0. The van der Waals surface area contributed by atoms with Crippen LogP contribution in [0.3, 0.4) is 0 Å². The molecular weight excluding hydrogens is 526 g/mol. The third kappa shape index (κ3) is 7.16. The van der Waals surface area contributed by atoms with Crippen LogP contribution in [0.2, 0.25) is 0 Å². The van der Waals surface area contributed by atoms with Crippen molar-refractivity contribution in [2.24, 2.45) is 5.73 Å². The Morgan fingerprint density at radius 2 is 1.88 bits per heavy atom. The second kappa shape index (κ2) is 12.6. The van der Waals surface area contributed by atoms with Gasteiger partial charge in [-0.2, -0.15) is 0 Å². The third-order valence-electron chi connectivity index (χ3n) is 6.21. The molecule has 10 heteroatoms. The van der Waals surface area contributed by atoms with E-state index in [1.807, 2.05) is 79.7 Å². The number of anilines is 2. The van der Waals surface area contributed by atoms with E-state index in [0.717, 1.165) is 35.2 Å². The van der Waals surface area contributed by atoms with Crippen molar-refractivity contribution in [3.05, 3.63) is 89.5 Å². The van der Waals surface area contributed by atoms with E-state index in [1.54, 1.807) is 0 Å². The van der Waals surface area contributed by atoms with Gasteiger partial charge in [-0.15, -0.1) is 0 Å². The standard InChI is InChI=1S/C30H31N5O4S/c1-19-10-11-22(27(36)33-23-12-13-23)17-25(19)34-29-35-26(21-8-5-9-24(16-21)38-15-14-31)28(40-29)39-30(37)32-18-20-6-3-2-4-7-20/h2-11,16-17,23H,12-15,18,31H2,1H3,(H,32,37)(H,33,36)(H,34,35). The first-order chi connectivity index (χ1) is 19.5. The molecule has 9 nitrogen and oxygen atoms in total. The molecule has 1 saturated carbocycles. The fourth-order valence-corrected chi connectivity index (χ4v) is 4.77. The maximum atomic E-state index is 12.8. The van der Waals surface area contributed by atoms with E-state index in [2.05, 4.69) is 16.0 Å². The van der Waals surface area contributed by atoms with Gasteiger partial charge in [0.25, 0.3) is 5.91 Å². The first-order valence-electron chi connectivity index (χ1n) is 13.1. The molecule has 1 aliphatic rings. The van der Waals surface area contributed by atoms with Crippen molar-refractivity contribution < 1.29 is 19.1 Å². The molecule has 1 fully saturated rings. The summed E-state index contributed by atoms with van der Waals surface area (Å²) in [4.78, 5) is 30.1. The Morgan fingerprint density at radius 3 is 2.65 bits per heavy atom. The summed E-state index contributed by atoms with van der Waals surface area (Å²) < 4.78 is 11.4. The van der Waals surface area contributed by atoms with Gasteiger partial charge in [-0.3, -0.25) is 4.79 Å². The summed E-state index contributed by atoms with van der Waals surface area (Å²) in [5.74, 6) is 0.536. The van der Waals surface area contributed by atoms with Crippen molar-refractivity contribution in [3.63, 3.8) is 0 Å². The molecule has 1 heterocycles. The highest BCUT2D eigenvalue weighted by Gasteiger charge is 2.24. The molecule has 0 atom stereocenters. The molecule has 5 rings (SSSR count). The Morgan fingerprint density at radius 1 is 1.05 bits per heavy atom. The van der Waals surface area contributed by atoms with E-state index in [1.165, 1.54) is 11.3 Å². The van der Waals surface area contributed by atoms with E-state index < -0.39 is 6.09 Å². The average Bonchev–Trinajstić information content (AvgIpc) is 3.70. The second-order valence-corrected chi connectivity index (χ2v) is 10.4. The summed E-state index contributed by atoms with van der Waals surface area (Å²) in [6.07, 6.45) is 1.45. The summed E-state index contributed by atoms with van der Waals surface area (Å²) in [6.45, 7) is 3.05. The Bertz CT molecular complexity index is 1490. The highest BCUT2D eigenvalue weighted by atomic mass is 32.1. The maximum Gasteiger partial charge on any atom is 0.413 e. The molecule has 0 radical (unpaired) electrons. The number of nitrogens with one attached hydrogen (secondary N) is 3. The number of rotatable bonds is 11. The lowest BCUT2D eigenvalue weighted by Crippen LogP contribution is -2.26. The van der Waals surface area contributed by atoms with Gasteiger partial charge in [0.05, 0.1) is 0 Å². The van der Waals surface area contributed by atoms with Gasteiger partial charge in [-0.05, 0) is 55.2 Å². The molecule has 206 valence electrons. The minimum atomic E-state index is -0.592. The van der Waals surface area contributed by atoms with E-state index >= 15 is 0 Å². The molecule has 2 amide bonds. The Hall–Kier alpha value is -4.41. The van der Waals surface area contributed by atoms with Gasteiger partial charge in [-0.1, -0.05) is 59.9 Å². The van der Waals surface area contributed by atoms with Crippen molar-refractivity contribution in [1.29, 1.82) is 0 Å². The molecule has 40 heavy (non-hydrogen) atoms. The first-order valence-corrected chi connectivity index (χ1v) is 13.9. The van der Waals surface area contributed by atoms with Crippen molar-refractivity contribution in [2.45, 2.75) is 32.4 Å². The summed E-state index contributed by atoms with van der Waals surface area (Å²) in [5.41, 5.74) is 10.0. The number of hydrogen-bond acceptors (Lipinski definition) is 8. The molecule has 0 spiro atoms. The number of benzene rings is 3. The van der Waals surface area contributed by atoms with Gasteiger partial charge in [0, 0.05) is 35.9 Å². The molecule has 0 saturated heterocycles. The molecule has 0 bridgehead atoms. The van der Waals surface area contributed by atoms with Gasteiger partial charge >= 0.3 is 6.09 Å². The fraction of sp³-hybridized carbons (Fsp3) is 0.233. The third-order valence-corrected chi connectivity index (χ3v) is 7.06. The minimum Gasteiger partial charge on any atom is -0.492 e. The van der Waals surface area contributed by atoms with Gasteiger partial charge in [0.15, 0.2) is 5.13 Å². The molecular formula is C30H31N5O4S. The molecule has 1 aliphatic carbocycles. The number of carbonyl (C=O) groups excluding carboxylic acids is 2. The van der Waals surface area contributed by atoms with Crippen LogP contribution in [0, 0.1) is 6.92 Å². The zero-order chi connectivity index (χ0) is 27.9.